The summed E-state index contributed by atoms with van der Waals surface area (Å²) >= 11 is 0. The van der Waals surface area contributed by atoms with Crippen molar-refractivity contribution in [1.29, 1.82) is 0 Å². The maximum Gasteiger partial charge on any atom is 0.167 e. The molecule has 2 aromatic carbocycles. The molecule has 1 unspecified atom stereocenters. The van der Waals surface area contributed by atoms with Gasteiger partial charge in [0.15, 0.2) is 17.3 Å². The van der Waals surface area contributed by atoms with Gasteiger partial charge in [0.05, 0.1) is 20.8 Å². The first-order chi connectivity index (χ1) is 14.0. The minimum absolute atomic E-state index is 0.00828. The average molecular weight is 401 g/mol. The van der Waals surface area contributed by atoms with E-state index in [-0.39, 0.29) is 17.5 Å². The zero-order chi connectivity index (χ0) is 20.8. The van der Waals surface area contributed by atoms with Gasteiger partial charge in [0.2, 0.25) is 0 Å². The van der Waals surface area contributed by atoms with Crippen LogP contribution in [0.2, 0.25) is 0 Å². The van der Waals surface area contributed by atoms with E-state index in [9.17, 15) is 9.18 Å². The number of benzene rings is 2. The molecular weight excluding hydrogens is 373 g/mol. The standard InChI is InChI=1S/C23H28FNO4/c1-27-15-19-11-16(6-8-21(19)28-2)13-25-10-4-5-18(14-25)23(26)17-7-9-22(29-3)20(24)12-17/h6-9,11-12,18H,4-5,10,13-15H2,1-3H3. The first-order valence-corrected chi connectivity index (χ1v) is 9.80. The van der Waals surface area contributed by atoms with E-state index in [0.29, 0.717) is 18.7 Å². The number of rotatable bonds is 8. The molecule has 5 nitrogen and oxygen atoms in total. The molecule has 6 heteroatoms. The molecule has 1 aliphatic rings. The van der Waals surface area contributed by atoms with Crippen LogP contribution in [0.5, 0.6) is 11.5 Å². The van der Waals surface area contributed by atoms with Crippen LogP contribution in [-0.2, 0) is 17.9 Å². The second-order valence-electron chi connectivity index (χ2n) is 7.37. The smallest absolute Gasteiger partial charge is 0.167 e. The number of hydrogen-bond acceptors (Lipinski definition) is 5. The minimum atomic E-state index is -0.505. The molecule has 0 aliphatic carbocycles. The molecular formula is C23H28FNO4. The summed E-state index contributed by atoms with van der Waals surface area (Å²) in [4.78, 5) is 15.2. The van der Waals surface area contributed by atoms with Gasteiger partial charge in [-0.05, 0) is 55.3 Å². The van der Waals surface area contributed by atoms with Crippen molar-refractivity contribution in [1.82, 2.24) is 4.90 Å². The molecule has 1 fully saturated rings. The summed E-state index contributed by atoms with van der Waals surface area (Å²) in [7, 11) is 4.72. The van der Waals surface area contributed by atoms with Gasteiger partial charge in [-0.2, -0.15) is 0 Å². The van der Waals surface area contributed by atoms with Crippen molar-refractivity contribution in [2.75, 3.05) is 34.4 Å². The van der Waals surface area contributed by atoms with E-state index < -0.39 is 5.82 Å². The minimum Gasteiger partial charge on any atom is -0.496 e. The lowest BCUT2D eigenvalue weighted by molar-refractivity contribution is 0.0811. The van der Waals surface area contributed by atoms with Crippen molar-refractivity contribution >= 4 is 5.78 Å². The normalized spacial score (nSPS) is 17.2. The predicted octanol–water partition coefficient (Wildman–Crippen LogP) is 4.08. The number of ketones is 1. The molecule has 0 spiro atoms. The zero-order valence-corrected chi connectivity index (χ0v) is 17.2. The van der Waals surface area contributed by atoms with Gasteiger partial charge in [-0.1, -0.05) is 6.07 Å². The van der Waals surface area contributed by atoms with Crippen molar-refractivity contribution in [3.05, 3.63) is 58.9 Å². The highest BCUT2D eigenvalue weighted by Gasteiger charge is 2.27. The molecule has 0 N–H and O–H groups in total. The summed E-state index contributed by atoms with van der Waals surface area (Å²) in [5, 5.41) is 0. The number of nitrogens with zero attached hydrogens (tertiary/aromatic N) is 1. The van der Waals surface area contributed by atoms with E-state index in [1.54, 1.807) is 20.3 Å². The molecule has 0 aromatic heterocycles. The van der Waals surface area contributed by atoms with Gasteiger partial charge in [0.25, 0.3) is 0 Å². The van der Waals surface area contributed by atoms with Gasteiger partial charge in [-0.3, -0.25) is 9.69 Å². The van der Waals surface area contributed by atoms with Crippen LogP contribution in [0.1, 0.15) is 34.3 Å². The zero-order valence-electron chi connectivity index (χ0n) is 17.2. The molecule has 1 aliphatic heterocycles. The number of methoxy groups -OCH3 is 3. The molecule has 2 aromatic rings. The second-order valence-corrected chi connectivity index (χ2v) is 7.37. The third kappa shape index (κ3) is 5.14. The summed E-state index contributed by atoms with van der Waals surface area (Å²) in [5.74, 6) is 0.316. The number of halogens is 1. The van der Waals surface area contributed by atoms with E-state index in [1.807, 2.05) is 12.1 Å². The number of Topliss-reactive ketones (excluding diaryl/α,β-unsaturated/α-hetero) is 1. The molecule has 0 saturated carbocycles. The fourth-order valence-electron chi connectivity index (χ4n) is 3.93. The Balaban J connectivity index is 1.68. The lowest BCUT2D eigenvalue weighted by atomic mass is 9.89. The average Bonchev–Trinajstić information content (AvgIpc) is 2.74. The monoisotopic (exact) mass is 401 g/mol. The number of piperidine rings is 1. The maximum atomic E-state index is 14.0. The van der Waals surface area contributed by atoms with Crippen LogP contribution in [0.4, 0.5) is 4.39 Å². The summed E-state index contributed by atoms with van der Waals surface area (Å²) in [6, 6.07) is 10.5. The van der Waals surface area contributed by atoms with E-state index in [1.165, 1.54) is 19.2 Å². The van der Waals surface area contributed by atoms with Crippen LogP contribution in [0.15, 0.2) is 36.4 Å². The van der Waals surface area contributed by atoms with Crippen LogP contribution in [0.25, 0.3) is 0 Å². The van der Waals surface area contributed by atoms with E-state index in [2.05, 4.69) is 11.0 Å². The van der Waals surface area contributed by atoms with Gasteiger partial charge in [0, 0.05) is 37.2 Å². The van der Waals surface area contributed by atoms with E-state index in [4.69, 9.17) is 14.2 Å². The van der Waals surface area contributed by atoms with Crippen molar-refractivity contribution in [3.63, 3.8) is 0 Å². The second kappa shape index (κ2) is 9.85. The molecule has 1 atom stereocenters. The largest absolute Gasteiger partial charge is 0.496 e. The molecule has 29 heavy (non-hydrogen) atoms. The highest BCUT2D eigenvalue weighted by atomic mass is 19.1. The Bertz CT molecular complexity index is 855. The van der Waals surface area contributed by atoms with Gasteiger partial charge in [-0.15, -0.1) is 0 Å². The maximum absolute atomic E-state index is 14.0. The Labute approximate surface area is 171 Å². The third-order valence-corrected chi connectivity index (χ3v) is 5.36. The molecule has 1 heterocycles. The number of likely N-dealkylation sites (tertiary alicyclic amines) is 1. The van der Waals surface area contributed by atoms with Crippen LogP contribution < -0.4 is 9.47 Å². The fraction of sp³-hybridized carbons (Fsp3) is 0.435. The van der Waals surface area contributed by atoms with Crippen LogP contribution in [0, 0.1) is 11.7 Å². The number of hydrogen-bond donors (Lipinski definition) is 0. The summed E-state index contributed by atoms with van der Waals surface area (Å²) in [6.45, 7) is 2.84. The Morgan fingerprint density at radius 3 is 2.55 bits per heavy atom. The Hall–Kier alpha value is -2.44. The third-order valence-electron chi connectivity index (χ3n) is 5.36. The van der Waals surface area contributed by atoms with Crippen LogP contribution >= 0.6 is 0 Å². The highest BCUT2D eigenvalue weighted by Crippen LogP contribution is 2.26. The first kappa shape index (κ1) is 21.3. The van der Waals surface area contributed by atoms with E-state index in [0.717, 1.165) is 42.8 Å². The van der Waals surface area contributed by atoms with Gasteiger partial charge in [-0.25, -0.2) is 4.39 Å². The quantitative estimate of drug-likeness (QED) is 0.624. The van der Waals surface area contributed by atoms with Crippen molar-refractivity contribution < 1.29 is 23.4 Å². The number of ether oxygens (including phenoxy) is 3. The van der Waals surface area contributed by atoms with Gasteiger partial charge >= 0.3 is 0 Å². The molecule has 0 bridgehead atoms. The van der Waals surface area contributed by atoms with Gasteiger partial charge in [0.1, 0.15) is 5.75 Å². The number of carbonyl (C=O) groups excluding carboxylic acids is 1. The lowest BCUT2D eigenvalue weighted by Crippen LogP contribution is -2.38. The molecule has 156 valence electrons. The Morgan fingerprint density at radius 2 is 1.86 bits per heavy atom. The summed E-state index contributed by atoms with van der Waals surface area (Å²) in [5.41, 5.74) is 2.56. The predicted molar refractivity (Wildman–Crippen MR) is 109 cm³/mol. The highest BCUT2D eigenvalue weighted by molar-refractivity contribution is 5.98. The van der Waals surface area contributed by atoms with Crippen LogP contribution in [-0.4, -0.2) is 45.1 Å². The molecule has 0 amide bonds. The molecule has 0 radical (unpaired) electrons. The first-order valence-electron chi connectivity index (χ1n) is 9.80. The molecule has 3 rings (SSSR count). The topological polar surface area (TPSA) is 48.0 Å². The summed E-state index contributed by atoms with van der Waals surface area (Å²) in [6.07, 6.45) is 1.76. The fourth-order valence-corrected chi connectivity index (χ4v) is 3.93. The Kier molecular flexibility index (Phi) is 7.23. The summed E-state index contributed by atoms with van der Waals surface area (Å²) < 4.78 is 29.6. The van der Waals surface area contributed by atoms with Crippen molar-refractivity contribution in [3.8, 4) is 11.5 Å². The van der Waals surface area contributed by atoms with Crippen molar-refractivity contribution in [2.24, 2.45) is 5.92 Å². The van der Waals surface area contributed by atoms with E-state index >= 15 is 0 Å². The Morgan fingerprint density at radius 1 is 1.10 bits per heavy atom. The van der Waals surface area contributed by atoms with Crippen molar-refractivity contribution in [2.45, 2.75) is 26.0 Å². The lowest BCUT2D eigenvalue weighted by Gasteiger charge is -2.32. The number of carbonyl (C=O) groups is 1. The molecule has 1 saturated heterocycles. The van der Waals surface area contributed by atoms with Crippen LogP contribution in [0.3, 0.4) is 0 Å². The van der Waals surface area contributed by atoms with Gasteiger partial charge < -0.3 is 14.2 Å². The SMILES string of the molecule is COCc1cc(CN2CCCC(C(=O)c3ccc(OC)c(F)c3)C2)ccc1OC.